The van der Waals surface area contributed by atoms with Gasteiger partial charge in [0.05, 0.1) is 13.2 Å². The molecule has 116 valence electrons. The first kappa shape index (κ1) is 14.6. The fraction of sp³-hybridized carbons (Fsp3) is 0.750. The molecule has 2 aliphatic rings. The van der Waals surface area contributed by atoms with E-state index >= 15 is 0 Å². The molecule has 0 saturated heterocycles. The van der Waals surface area contributed by atoms with E-state index in [0.29, 0.717) is 18.8 Å². The van der Waals surface area contributed by atoms with Crippen molar-refractivity contribution in [3.05, 3.63) is 17.0 Å². The summed E-state index contributed by atoms with van der Waals surface area (Å²) in [7, 11) is 0. The van der Waals surface area contributed by atoms with E-state index in [2.05, 4.69) is 9.78 Å². The van der Waals surface area contributed by atoms with E-state index in [0.717, 1.165) is 31.1 Å². The summed E-state index contributed by atoms with van der Waals surface area (Å²) in [5, 5.41) is 4.67. The van der Waals surface area contributed by atoms with Crippen LogP contribution in [0.2, 0.25) is 0 Å². The van der Waals surface area contributed by atoms with Crippen LogP contribution in [0.3, 0.4) is 0 Å². The number of carbonyl (C=O) groups excluding carboxylic acids is 1. The predicted octanol–water partition coefficient (Wildman–Crippen LogP) is 2.24. The molecule has 0 N–H and O–H groups in total. The Balaban J connectivity index is 1.93. The Kier molecular flexibility index (Phi) is 4.02. The van der Waals surface area contributed by atoms with Crippen molar-refractivity contribution in [2.45, 2.75) is 59.2 Å². The molecule has 0 spiro atoms. The number of aromatic nitrogens is 2. The van der Waals surface area contributed by atoms with Gasteiger partial charge in [0.15, 0.2) is 5.69 Å². The summed E-state index contributed by atoms with van der Waals surface area (Å²) in [6.07, 6.45) is 3.46. The summed E-state index contributed by atoms with van der Waals surface area (Å²) in [6.45, 7) is 9.04. The van der Waals surface area contributed by atoms with Gasteiger partial charge < -0.3 is 9.64 Å². The van der Waals surface area contributed by atoms with Crippen molar-refractivity contribution in [3.8, 4) is 0 Å². The van der Waals surface area contributed by atoms with E-state index in [1.165, 1.54) is 18.5 Å². The summed E-state index contributed by atoms with van der Waals surface area (Å²) in [5.41, 5.74) is 2.85. The van der Waals surface area contributed by atoms with Crippen LogP contribution in [0.25, 0.3) is 0 Å². The van der Waals surface area contributed by atoms with E-state index in [1.807, 2.05) is 25.7 Å². The number of ether oxygens (including phenoxy) is 1. The monoisotopic (exact) mass is 291 g/mol. The van der Waals surface area contributed by atoms with Crippen LogP contribution in [0.1, 0.15) is 55.4 Å². The standard InChI is InChI=1S/C16H25N3O2/c1-4-18(11(2)3)16(20)15-13-10-21-8-7-14(13)19(17-15)9-12-5-6-12/h11-12H,4-10H2,1-3H3. The van der Waals surface area contributed by atoms with Gasteiger partial charge in [-0.1, -0.05) is 0 Å². The Morgan fingerprint density at radius 2 is 2.24 bits per heavy atom. The van der Waals surface area contributed by atoms with Crippen LogP contribution >= 0.6 is 0 Å². The number of hydrogen-bond donors (Lipinski definition) is 0. The largest absolute Gasteiger partial charge is 0.376 e. The van der Waals surface area contributed by atoms with E-state index in [-0.39, 0.29) is 11.9 Å². The van der Waals surface area contributed by atoms with Crippen molar-refractivity contribution in [3.63, 3.8) is 0 Å². The van der Waals surface area contributed by atoms with Crippen LogP contribution in [0.15, 0.2) is 0 Å². The van der Waals surface area contributed by atoms with Crippen LogP contribution in [-0.4, -0.2) is 39.8 Å². The number of hydrogen-bond acceptors (Lipinski definition) is 3. The third-order valence-electron chi connectivity index (χ3n) is 4.45. The molecule has 0 aromatic carbocycles. The molecule has 1 saturated carbocycles. The Morgan fingerprint density at radius 3 is 2.86 bits per heavy atom. The molecule has 0 bridgehead atoms. The van der Waals surface area contributed by atoms with E-state index in [9.17, 15) is 4.79 Å². The van der Waals surface area contributed by atoms with Crippen LogP contribution in [0, 0.1) is 5.92 Å². The lowest BCUT2D eigenvalue weighted by atomic mass is 10.1. The van der Waals surface area contributed by atoms with Crippen molar-refractivity contribution >= 4 is 5.91 Å². The average Bonchev–Trinajstić information content (AvgIpc) is 3.20. The van der Waals surface area contributed by atoms with Crippen molar-refractivity contribution in [2.24, 2.45) is 5.92 Å². The van der Waals surface area contributed by atoms with Gasteiger partial charge in [-0.2, -0.15) is 5.10 Å². The first-order valence-corrected chi connectivity index (χ1v) is 8.09. The zero-order valence-corrected chi connectivity index (χ0v) is 13.3. The van der Waals surface area contributed by atoms with Crippen LogP contribution in [-0.2, 0) is 24.3 Å². The minimum atomic E-state index is 0.0452. The Labute approximate surface area is 126 Å². The maximum Gasteiger partial charge on any atom is 0.274 e. The second kappa shape index (κ2) is 5.79. The summed E-state index contributed by atoms with van der Waals surface area (Å²) < 4.78 is 7.65. The molecule has 0 radical (unpaired) electrons. The van der Waals surface area contributed by atoms with Crippen LogP contribution in [0.4, 0.5) is 0 Å². The minimum Gasteiger partial charge on any atom is -0.376 e. The SMILES string of the molecule is CCN(C(=O)c1nn(CC2CC2)c2c1COCC2)C(C)C. The maximum atomic E-state index is 12.8. The molecule has 21 heavy (non-hydrogen) atoms. The lowest BCUT2D eigenvalue weighted by molar-refractivity contribution is 0.0698. The summed E-state index contributed by atoms with van der Waals surface area (Å²) in [5.74, 6) is 0.802. The van der Waals surface area contributed by atoms with Gasteiger partial charge in [-0.25, -0.2) is 0 Å². The Hall–Kier alpha value is -1.36. The van der Waals surface area contributed by atoms with E-state index < -0.39 is 0 Å². The van der Waals surface area contributed by atoms with Gasteiger partial charge in [0, 0.05) is 36.8 Å². The highest BCUT2D eigenvalue weighted by Gasteiger charge is 2.31. The maximum absolute atomic E-state index is 12.8. The molecule has 3 rings (SSSR count). The van der Waals surface area contributed by atoms with E-state index in [4.69, 9.17) is 4.74 Å². The van der Waals surface area contributed by atoms with Gasteiger partial charge in [0.2, 0.25) is 0 Å². The molecule has 1 aliphatic heterocycles. The quantitative estimate of drug-likeness (QED) is 0.836. The zero-order valence-electron chi connectivity index (χ0n) is 13.3. The van der Waals surface area contributed by atoms with Crippen LogP contribution < -0.4 is 0 Å². The first-order valence-electron chi connectivity index (χ1n) is 8.09. The first-order chi connectivity index (χ1) is 10.1. The van der Waals surface area contributed by atoms with Gasteiger partial charge in [0.1, 0.15) is 0 Å². The molecule has 0 atom stereocenters. The van der Waals surface area contributed by atoms with Crippen molar-refractivity contribution in [2.75, 3.05) is 13.2 Å². The zero-order chi connectivity index (χ0) is 15.0. The molecule has 1 aromatic heterocycles. The molecule has 1 fully saturated rings. The summed E-state index contributed by atoms with van der Waals surface area (Å²) in [6, 6.07) is 0.191. The van der Waals surface area contributed by atoms with Crippen molar-refractivity contribution in [1.82, 2.24) is 14.7 Å². The second-order valence-electron chi connectivity index (χ2n) is 6.39. The number of fused-ring (bicyclic) bond motifs is 1. The highest BCUT2D eigenvalue weighted by atomic mass is 16.5. The highest BCUT2D eigenvalue weighted by Crippen LogP contribution is 2.32. The van der Waals surface area contributed by atoms with Crippen molar-refractivity contribution < 1.29 is 9.53 Å². The highest BCUT2D eigenvalue weighted by molar-refractivity contribution is 5.94. The smallest absolute Gasteiger partial charge is 0.274 e. The molecule has 1 amide bonds. The lowest BCUT2D eigenvalue weighted by Crippen LogP contribution is -2.37. The predicted molar refractivity (Wildman–Crippen MR) is 80.2 cm³/mol. The van der Waals surface area contributed by atoms with Gasteiger partial charge in [0.25, 0.3) is 5.91 Å². The third-order valence-corrected chi connectivity index (χ3v) is 4.45. The number of carbonyl (C=O) groups is 1. The van der Waals surface area contributed by atoms with Gasteiger partial charge in [-0.05, 0) is 39.5 Å². The summed E-state index contributed by atoms with van der Waals surface area (Å²) >= 11 is 0. The van der Waals surface area contributed by atoms with Crippen LogP contribution in [0.5, 0.6) is 0 Å². The lowest BCUT2D eigenvalue weighted by Gasteiger charge is -2.25. The minimum absolute atomic E-state index is 0.0452. The van der Waals surface area contributed by atoms with Gasteiger partial charge in [-0.15, -0.1) is 0 Å². The van der Waals surface area contributed by atoms with E-state index in [1.54, 1.807) is 0 Å². The molecule has 0 unspecified atom stereocenters. The summed E-state index contributed by atoms with van der Waals surface area (Å²) in [4.78, 5) is 14.7. The van der Waals surface area contributed by atoms with Gasteiger partial charge >= 0.3 is 0 Å². The average molecular weight is 291 g/mol. The van der Waals surface area contributed by atoms with Crippen molar-refractivity contribution in [1.29, 1.82) is 0 Å². The molecular formula is C16H25N3O2. The normalized spacial score (nSPS) is 17.9. The number of rotatable bonds is 5. The fourth-order valence-corrected chi connectivity index (χ4v) is 3.06. The molecule has 1 aromatic rings. The number of amides is 1. The number of nitrogens with zero attached hydrogens (tertiary/aromatic N) is 3. The Bertz CT molecular complexity index is 532. The fourth-order valence-electron chi connectivity index (χ4n) is 3.06. The third kappa shape index (κ3) is 2.84. The second-order valence-corrected chi connectivity index (χ2v) is 6.39. The van der Waals surface area contributed by atoms with Gasteiger partial charge in [-0.3, -0.25) is 9.48 Å². The molecule has 2 heterocycles. The molecule has 5 heteroatoms. The Morgan fingerprint density at radius 1 is 1.48 bits per heavy atom. The topological polar surface area (TPSA) is 47.4 Å². The molecule has 1 aliphatic carbocycles. The molecular weight excluding hydrogens is 266 g/mol. The molecule has 5 nitrogen and oxygen atoms in total.